The van der Waals surface area contributed by atoms with E-state index in [0.717, 1.165) is 11.3 Å². The first-order chi connectivity index (χ1) is 9.79. The lowest BCUT2D eigenvalue weighted by Gasteiger charge is -2.08. The zero-order valence-electron chi connectivity index (χ0n) is 10.6. The third-order valence-corrected chi connectivity index (χ3v) is 4.03. The number of rotatable bonds is 5. The number of hydrogen-bond donors (Lipinski definition) is 2. The van der Waals surface area contributed by atoms with Gasteiger partial charge in [-0.2, -0.15) is 13.2 Å². The third kappa shape index (κ3) is 3.70. The molecule has 0 saturated carbocycles. The molecule has 0 aliphatic carbocycles. The van der Waals surface area contributed by atoms with Crippen LogP contribution < -0.4 is 5.32 Å². The van der Waals surface area contributed by atoms with E-state index in [2.05, 4.69) is 5.32 Å². The van der Waals surface area contributed by atoms with Crippen molar-refractivity contribution in [2.45, 2.75) is 19.1 Å². The van der Waals surface area contributed by atoms with Gasteiger partial charge in [0.05, 0.1) is 6.42 Å². The van der Waals surface area contributed by atoms with Gasteiger partial charge in [-0.15, -0.1) is 11.3 Å². The molecule has 0 spiro atoms. The van der Waals surface area contributed by atoms with Crippen molar-refractivity contribution in [3.63, 3.8) is 0 Å². The van der Waals surface area contributed by atoms with Gasteiger partial charge in [-0.3, -0.25) is 0 Å². The average Bonchev–Trinajstić information content (AvgIpc) is 2.74. The van der Waals surface area contributed by atoms with Gasteiger partial charge in [0, 0.05) is 28.7 Å². The number of nitrogens with one attached hydrogen (secondary N) is 1. The van der Waals surface area contributed by atoms with Gasteiger partial charge < -0.3 is 10.4 Å². The highest BCUT2D eigenvalue weighted by Crippen LogP contribution is 2.33. The minimum atomic E-state index is -4.29. The monoisotopic (exact) mass is 321 g/mol. The summed E-state index contributed by atoms with van der Waals surface area (Å²) in [4.78, 5) is 11.1. The van der Waals surface area contributed by atoms with Crippen LogP contribution in [0.25, 0.3) is 10.1 Å². The van der Waals surface area contributed by atoms with Gasteiger partial charge in [0.2, 0.25) is 0 Å². The van der Waals surface area contributed by atoms with Crippen LogP contribution >= 0.6 is 11.3 Å². The molecule has 2 aromatic rings. The average molecular weight is 321 g/mol. The Balaban J connectivity index is 2.24. The van der Waals surface area contributed by atoms with Gasteiger partial charge in [0.25, 0.3) is 0 Å². The van der Waals surface area contributed by atoms with Gasteiger partial charge in [-0.05, 0) is 12.1 Å². The van der Waals surface area contributed by atoms with E-state index in [-0.39, 0.29) is 28.9 Å². The van der Waals surface area contributed by atoms with Crippen molar-refractivity contribution in [2.75, 3.05) is 6.54 Å². The van der Waals surface area contributed by atoms with Crippen LogP contribution in [0.5, 0.6) is 0 Å². The van der Waals surface area contributed by atoms with Crippen molar-refractivity contribution in [2.24, 2.45) is 0 Å². The lowest BCUT2D eigenvalue weighted by molar-refractivity contribution is -0.133. The normalized spacial score (nSPS) is 12.0. The molecule has 0 amide bonds. The highest BCUT2D eigenvalue weighted by molar-refractivity contribution is 7.21. The Morgan fingerprint density at radius 1 is 1.33 bits per heavy atom. The maximum Gasteiger partial charge on any atom is 0.390 e. The zero-order chi connectivity index (χ0) is 15.6. The molecule has 0 radical (unpaired) electrons. The summed E-state index contributed by atoms with van der Waals surface area (Å²) >= 11 is 0.908. The summed E-state index contributed by atoms with van der Waals surface area (Å²) in [6.45, 7) is -0.479. The van der Waals surface area contributed by atoms with E-state index >= 15 is 0 Å². The minimum Gasteiger partial charge on any atom is -0.477 e. The molecule has 0 atom stereocenters. The highest BCUT2D eigenvalue weighted by atomic mass is 32.1. The predicted molar refractivity (Wildman–Crippen MR) is 71.1 cm³/mol. The summed E-state index contributed by atoms with van der Waals surface area (Å²) < 4.78 is 50.4. The van der Waals surface area contributed by atoms with Crippen LogP contribution in [0.1, 0.15) is 21.7 Å². The molecule has 1 aromatic heterocycles. The Labute approximate surface area is 121 Å². The van der Waals surface area contributed by atoms with Crippen molar-refractivity contribution >= 4 is 27.4 Å². The Morgan fingerprint density at radius 3 is 2.67 bits per heavy atom. The molecule has 0 bridgehead atoms. The molecular weight excluding hydrogens is 310 g/mol. The number of aromatic carboxylic acids is 1. The molecule has 2 rings (SSSR count). The van der Waals surface area contributed by atoms with E-state index in [4.69, 9.17) is 5.11 Å². The van der Waals surface area contributed by atoms with E-state index in [9.17, 15) is 22.4 Å². The fourth-order valence-electron chi connectivity index (χ4n) is 1.95. The van der Waals surface area contributed by atoms with Gasteiger partial charge in [0.1, 0.15) is 10.7 Å². The molecule has 0 fully saturated rings. The lowest BCUT2D eigenvalue weighted by atomic mass is 10.1. The number of carboxylic acids is 1. The van der Waals surface area contributed by atoms with Crippen molar-refractivity contribution in [1.29, 1.82) is 0 Å². The Kier molecular flexibility index (Phi) is 4.48. The lowest BCUT2D eigenvalue weighted by Crippen LogP contribution is -2.22. The first kappa shape index (κ1) is 15.7. The number of thiophene rings is 1. The van der Waals surface area contributed by atoms with Crippen molar-refractivity contribution in [3.8, 4) is 0 Å². The van der Waals surface area contributed by atoms with Crippen LogP contribution in [0.2, 0.25) is 0 Å². The number of fused-ring (bicyclic) bond motifs is 1. The molecule has 2 N–H and O–H groups in total. The zero-order valence-corrected chi connectivity index (χ0v) is 11.4. The number of carboxylic acid groups (broad SMARTS) is 1. The van der Waals surface area contributed by atoms with Crippen LogP contribution in [0, 0.1) is 5.82 Å². The van der Waals surface area contributed by atoms with Gasteiger partial charge >= 0.3 is 12.1 Å². The Bertz CT molecular complexity index is 666. The predicted octanol–water partition coefficient (Wildman–Crippen LogP) is 3.78. The topological polar surface area (TPSA) is 49.3 Å². The van der Waals surface area contributed by atoms with E-state index < -0.39 is 24.4 Å². The standard InChI is InChI=1S/C13H11F4NO2S/c14-8-2-1-3-9-10(8)7(11(21-9)12(19)20)6-18-5-4-13(15,16)17/h1-3,18H,4-6H2,(H,19,20). The molecule has 1 heterocycles. The van der Waals surface area contributed by atoms with Gasteiger partial charge in [-0.1, -0.05) is 6.07 Å². The van der Waals surface area contributed by atoms with Crippen molar-refractivity contribution in [3.05, 3.63) is 34.5 Å². The summed E-state index contributed by atoms with van der Waals surface area (Å²) in [5, 5.41) is 11.8. The maximum absolute atomic E-state index is 13.8. The molecule has 21 heavy (non-hydrogen) atoms. The van der Waals surface area contributed by atoms with Crippen LogP contribution in [0.15, 0.2) is 18.2 Å². The number of halogens is 4. The van der Waals surface area contributed by atoms with Crippen LogP contribution in [0.3, 0.4) is 0 Å². The third-order valence-electron chi connectivity index (χ3n) is 2.84. The molecule has 1 aromatic carbocycles. The molecule has 3 nitrogen and oxygen atoms in total. The SMILES string of the molecule is O=C(O)c1sc2cccc(F)c2c1CNCCC(F)(F)F. The largest absolute Gasteiger partial charge is 0.477 e. The number of benzene rings is 1. The number of hydrogen-bond acceptors (Lipinski definition) is 3. The summed E-state index contributed by atoms with van der Waals surface area (Å²) in [5.41, 5.74) is 0.183. The fourth-order valence-corrected chi connectivity index (χ4v) is 3.03. The summed E-state index contributed by atoms with van der Waals surface area (Å²) in [6.07, 6.45) is -5.31. The first-order valence-electron chi connectivity index (χ1n) is 6.00. The molecule has 8 heteroatoms. The van der Waals surface area contributed by atoms with E-state index in [1.54, 1.807) is 6.07 Å². The minimum absolute atomic E-state index is 0.0605. The second-order valence-corrected chi connectivity index (χ2v) is 5.42. The van der Waals surface area contributed by atoms with Crippen molar-refractivity contribution in [1.82, 2.24) is 5.32 Å². The second kappa shape index (κ2) is 5.98. The summed E-state index contributed by atoms with van der Waals surface area (Å²) in [6, 6.07) is 4.23. The molecule has 0 aliphatic rings. The Hall–Kier alpha value is -1.67. The molecule has 0 unspecified atom stereocenters. The number of alkyl halides is 3. The first-order valence-corrected chi connectivity index (χ1v) is 6.82. The maximum atomic E-state index is 13.8. The molecule has 0 aliphatic heterocycles. The van der Waals surface area contributed by atoms with E-state index in [1.807, 2.05) is 0 Å². The summed E-state index contributed by atoms with van der Waals surface area (Å²) in [7, 11) is 0. The fraction of sp³-hybridized carbons (Fsp3) is 0.308. The second-order valence-electron chi connectivity index (χ2n) is 4.37. The Morgan fingerprint density at radius 2 is 2.05 bits per heavy atom. The van der Waals surface area contributed by atoms with Crippen LogP contribution in [-0.2, 0) is 6.54 Å². The molecule has 114 valence electrons. The molecular formula is C13H11F4NO2S. The number of carbonyl (C=O) groups is 1. The van der Waals surface area contributed by atoms with Gasteiger partial charge in [0.15, 0.2) is 0 Å². The quantitative estimate of drug-likeness (QED) is 0.651. The molecule has 0 saturated heterocycles. The highest BCUT2D eigenvalue weighted by Gasteiger charge is 2.26. The van der Waals surface area contributed by atoms with E-state index in [1.165, 1.54) is 12.1 Å². The van der Waals surface area contributed by atoms with E-state index in [0.29, 0.717) is 4.70 Å². The smallest absolute Gasteiger partial charge is 0.390 e. The van der Waals surface area contributed by atoms with Gasteiger partial charge in [-0.25, -0.2) is 9.18 Å². The van der Waals surface area contributed by atoms with Crippen LogP contribution in [-0.4, -0.2) is 23.8 Å². The van der Waals surface area contributed by atoms with Crippen molar-refractivity contribution < 1.29 is 27.5 Å². The van der Waals surface area contributed by atoms with Crippen LogP contribution in [0.4, 0.5) is 17.6 Å². The summed E-state index contributed by atoms with van der Waals surface area (Å²) in [5.74, 6) is -1.80.